The molecule has 6 heteroatoms. The molecular weight excluding hydrogens is 368 g/mol. The van der Waals surface area contributed by atoms with Crippen LogP contribution in [0.15, 0.2) is 78.6 Å². The van der Waals surface area contributed by atoms with E-state index in [0.29, 0.717) is 17.8 Å². The summed E-state index contributed by atoms with van der Waals surface area (Å²) in [6, 6.07) is 17.8. The van der Waals surface area contributed by atoms with E-state index < -0.39 is 0 Å². The Morgan fingerprint density at radius 3 is 2.61 bits per heavy atom. The predicted octanol–water partition coefficient (Wildman–Crippen LogP) is 4.55. The lowest BCUT2D eigenvalue weighted by molar-refractivity contribution is 0.0940. The van der Waals surface area contributed by atoms with Crippen LogP contribution >= 0.6 is 11.3 Å². The molecular formula is C22H20N4OS. The molecule has 140 valence electrons. The maximum atomic E-state index is 13.0. The molecule has 1 N–H and O–H groups in total. The zero-order chi connectivity index (χ0) is 19.3. The molecule has 4 aromatic rings. The molecule has 4 rings (SSSR count). The molecule has 0 aliphatic heterocycles. The molecule has 0 radical (unpaired) electrons. The number of nitrogens with one attached hydrogen (secondary N) is 1. The minimum absolute atomic E-state index is 0.121. The van der Waals surface area contributed by atoms with Crippen molar-refractivity contribution in [3.05, 3.63) is 95.3 Å². The van der Waals surface area contributed by atoms with Gasteiger partial charge in [0.25, 0.3) is 5.91 Å². The number of amides is 1. The van der Waals surface area contributed by atoms with E-state index >= 15 is 0 Å². The Morgan fingerprint density at radius 1 is 1.11 bits per heavy atom. The van der Waals surface area contributed by atoms with Gasteiger partial charge in [-0.15, -0.1) is 11.3 Å². The van der Waals surface area contributed by atoms with Gasteiger partial charge in [-0.05, 0) is 41.6 Å². The highest BCUT2D eigenvalue weighted by Crippen LogP contribution is 2.27. The van der Waals surface area contributed by atoms with Crippen molar-refractivity contribution in [2.75, 3.05) is 0 Å². The van der Waals surface area contributed by atoms with Crippen LogP contribution in [0.3, 0.4) is 0 Å². The molecule has 3 heterocycles. The monoisotopic (exact) mass is 388 g/mol. The summed E-state index contributed by atoms with van der Waals surface area (Å²) in [5, 5.41) is 9.77. The van der Waals surface area contributed by atoms with Crippen LogP contribution in [0.4, 0.5) is 0 Å². The molecule has 1 aromatic carbocycles. The molecule has 1 atom stereocenters. The minimum Gasteiger partial charge on any atom is -0.345 e. The topological polar surface area (TPSA) is 59.8 Å². The number of rotatable bonds is 6. The second kappa shape index (κ2) is 8.19. The lowest BCUT2D eigenvalue weighted by atomic mass is 10.1. The van der Waals surface area contributed by atoms with Crippen LogP contribution in [-0.4, -0.2) is 20.7 Å². The summed E-state index contributed by atoms with van der Waals surface area (Å²) < 4.78 is 1.83. The number of nitrogens with zero attached hydrogens (tertiary/aromatic N) is 3. The SMILES string of the molecule is C[C@@H](NC(=O)c1cn(Cc2ccccc2)nc1-c1cccs1)c1ccncc1. The van der Waals surface area contributed by atoms with Gasteiger partial charge in [0.15, 0.2) is 0 Å². The average Bonchev–Trinajstić information content (AvgIpc) is 3.39. The van der Waals surface area contributed by atoms with Gasteiger partial charge >= 0.3 is 0 Å². The molecule has 1 amide bonds. The zero-order valence-electron chi connectivity index (χ0n) is 15.4. The highest BCUT2D eigenvalue weighted by atomic mass is 32.1. The Bertz CT molecular complexity index is 1040. The van der Waals surface area contributed by atoms with Crippen molar-refractivity contribution in [3.63, 3.8) is 0 Å². The van der Waals surface area contributed by atoms with Gasteiger partial charge < -0.3 is 5.32 Å². The van der Waals surface area contributed by atoms with Crippen molar-refractivity contribution in [2.24, 2.45) is 0 Å². The van der Waals surface area contributed by atoms with Crippen molar-refractivity contribution in [3.8, 4) is 10.6 Å². The fourth-order valence-electron chi connectivity index (χ4n) is 3.04. The average molecular weight is 388 g/mol. The van der Waals surface area contributed by atoms with Crippen LogP contribution in [0.5, 0.6) is 0 Å². The summed E-state index contributed by atoms with van der Waals surface area (Å²) in [6.07, 6.45) is 5.29. The van der Waals surface area contributed by atoms with E-state index in [1.807, 2.05) is 65.6 Å². The summed E-state index contributed by atoms with van der Waals surface area (Å²) >= 11 is 1.58. The Morgan fingerprint density at radius 2 is 1.89 bits per heavy atom. The first-order chi connectivity index (χ1) is 13.7. The van der Waals surface area contributed by atoms with Crippen molar-refractivity contribution in [2.45, 2.75) is 19.5 Å². The highest BCUT2D eigenvalue weighted by molar-refractivity contribution is 7.13. The van der Waals surface area contributed by atoms with E-state index in [2.05, 4.69) is 22.4 Å². The third kappa shape index (κ3) is 4.02. The van der Waals surface area contributed by atoms with E-state index in [1.165, 1.54) is 0 Å². The number of carbonyl (C=O) groups is 1. The summed E-state index contributed by atoms with van der Waals surface area (Å²) in [5.41, 5.74) is 3.45. The Balaban J connectivity index is 1.62. The van der Waals surface area contributed by atoms with Gasteiger partial charge in [-0.2, -0.15) is 5.10 Å². The first-order valence-electron chi connectivity index (χ1n) is 9.07. The second-order valence-corrected chi connectivity index (χ2v) is 7.48. The number of hydrogen-bond acceptors (Lipinski definition) is 4. The molecule has 3 aromatic heterocycles. The smallest absolute Gasteiger partial charge is 0.255 e. The van der Waals surface area contributed by atoms with E-state index in [-0.39, 0.29) is 11.9 Å². The van der Waals surface area contributed by atoms with E-state index in [0.717, 1.165) is 16.0 Å². The first kappa shape index (κ1) is 18.1. The van der Waals surface area contributed by atoms with Gasteiger partial charge in [0, 0.05) is 18.6 Å². The molecule has 0 bridgehead atoms. The number of benzene rings is 1. The fourth-order valence-corrected chi connectivity index (χ4v) is 3.77. The lowest BCUT2D eigenvalue weighted by Crippen LogP contribution is -2.26. The van der Waals surface area contributed by atoms with Crippen molar-refractivity contribution >= 4 is 17.2 Å². The van der Waals surface area contributed by atoms with Crippen LogP contribution in [0.1, 0.15) is 34.5 Å². The molecule has 5 nitrogen and oxygen atoms in total. The maximum Gasteiger partial charge on any atom is 0.255 e. The number of pyridine rings is 1. The van der Waals surface area contributed by atoms with Crippen LogP contribution in [0, 0.1) is 0 Å². The Labute approximate surface area is 167 Å². The van der Waals surface area contributed by atoms with E-state index in [9.17, 15) is 4.79 Å². The minimum atomic E-state index is -0.132. The van der Waals surface area contributed by atoms with Gasteiger partial charge in [-0.25, -0.2) is 0 Å². The molecule has 0 saturated heterocycles. The highest BCUT2D eigenvalue weighted by Gasteiger charge is 2.20. The normalized spacial score (nSPS) is 11.9. The van der Waals surface area contributed by atoms with Crippen LogP contribution in [0.2, 0.25) is 0 Å². The molecule has 0 unspecified atom stereocenters. The number of thiophene rings is 1. The summed E-state index contributed by atoms with van der Waals surface area (Å²) in [5.74, 6) is -0.132. The van der Waals surface area contributed by atoms with Crippen molar-refractivity contribution in [1.29, 1.82) is 0 Å². The molecule has 0 aliphatic carbocycles. The quantitative estimate of drug-likeness (QED) is 0.527. The van der Waals surface area contributed by atoms with Gasteiger partial charge in [0.2, 0.25) is 0 Å². The van der Waals surface area contributed by atoms with Gasteiger partial charge in [0.1, 0.15) is 5.69 Å². The lowest BCUT2D eigenvalue weighted by Gasteiger charge is -2.13. The van der Waals surface area contributed by atoms with Crippen LogP contribution in [-0.2, 0) is 6.54 Å². The van der Waals surface area contributed by atoms with Crippen molar-refractivity contribution in [1.82, 2.24) is 20.1 Å². The van der Waals surface area contributed by atoms with Gasteiger partial charge in [-0.3, -0.25) is 14.5 Å². The molecule has 28 heavy (non-hydrogen) atoms. The van der Waals surface area contributed by atoms with Crippen molar-refractivity contribution < 1.29 is 4.79 Å². The van der Waals surface area contributed by atoms with Crippen LogP contribution < -0.4 is 5.32 Å². The zero-order valence-corrected chi connectivity index (χ0v) is 16.3. The van der Waals surface area contributed by atoms with Crippen LogP contribution in [0.25, 0.3) is 10.6 Å². The standard InChI is InChI=1S/C22H20N4OS/c1-16(18-9-11-23-12-10-18)24-22(27)19-15-26(14-17-6-3-2-4-7-17)25-21(19)20-8-5-13-28-20/h2-13,15-16H,14H2,1H3,(H,24,27)/t16-/m1/s1. The largest absolute Gasteiger partial charge is 0.345 e. The summed E-state index contributed by atoms with van der Waals surface area (Å²) in [7, 11) is 0. The third-order valence-electron chi connectivity index (χ3n) is 4.50. The number of hydrogen-bond donors (Lipinski definition) is 1. The van der Waals surface area contributed by atoms with E-state index in [1.54, 1.807) is 23.7 Å². The fraction of sp³-hybridized carbons (Fsp3) is 0.136. The summed E-state index contributed by atoms with van der Waals surface area (Å²) in [4.78, 5) is 18.0. The van der Waals surface area contributed by atoms with E-state index in [4.69, 9.17) is 5.10 Å². The van der Waals surface area contributed by atoms with Gasteiger partial charge in [-0.1, -0.05) is 36.4 Å². The third-order valence-corrected chi connectivity index (χ3v) is 5.38. The second-order valence-electron chi connectivity index (χ2n) is 6.53. The summed E-state index contributed by atoms with van der Waals surface area (Å²) in [6.45, 7) is 2.58. The first-order valence-corrected chi connectivity index (χ1v) is 9.95. The molecule has 0 saturated carbocycles. The molecule has 0 fully saturated rings. The number of aromatic nitrogens is 3. The Kier molecular flexibility index (Phi) is 5.30. The predicted molar refractivity (Wildman–Crippen MR) is 111 cm³/mol. The maximum absolute atomic E-state index is 13.0. The van der Waals surface area contributed by atoms with Gasteiger partial charge in [0.05, 0.1) is 23.0 Å². The molecule has 0 aliphatic rings. The molecule has 0 spiro atoms. The Hall–Kier alpha value is -3.25. The number of carbonyl (C=O) groups excluding carboxylic acids is 1.